The zero-order valence-corrected chi connectivity index (χ0v) is 19.1. The lowest BCUT2D eigenvalue weighted by atomic mass is 10.2. The molecule has 2 N–H and O–H groups in total. The monoisotopic (exact) mass is 471 g/mol. The Kier molecular flexibility index (Phi) is 6.08. The summed E-state index contributed by atoms with van der Waals surface area (Å²) in [6.07, 6.45) is 5.26. The molecule has 1 aliphatic rings. The van der Waals surface area contributed by atoms with E-state index < -0.39 is 10.0 Å². The van der Waals surface area contributed by atoms with Gasteiger partial charge in [-0.2, -0.15) is 0 Å². The van der Waals surface area contributed by atoms with Crippen LogP contribution >= 0.6 is 11.6 Å². The Hall–Kier alpha value is -3.10. The van der Waals surface area contributed by atoms with E-state index in [4.69, 9.17) is 16.1 Å². The number of sulfonamides is 1. The van der Waals surface area contributed by atoms with Crippen molar-refractivity contribution < 1.29 is 17.7 Å². The minimum atomic E-state index is -3.75. The van der Waals surface area contributed by atoms with Gasteiger partial charge < -0.3 is 9.84 Å². The van der Waals surface area contributed by atoms with Gasteiger partial charge in [-0.15, -0.1) is 0 Å². The summed E-state index contributed by atoms with van der Waals surface area (Å²) < 4.78 is 33.2. The molecule has 2 aromatic carbocycles. The maximum absolute atomic E-state index is 12.7. The third kappa shape index (κ3) is 5.03. The number of anilines is 2. The lowest BCUT2D eigenvalue weighted by Gasteiger charge is -2.09. The quantitative estimate of drug-likeness (QED) is 0.489. The van der Waals surface area contributed by atoms with E-state index in [0.717, 1.165) is 24.0 Å². The summed E-state index contributed by atoms with van der Waals surface area (Å²) in [5, 5.41) is 7.28. The average Bonchev–Trinajstić information content (AvgIpc) is 3.55. The molecule has 9 heteroatoms. The van der Waals surface area contributed by atoms with Crippen LogP contribution in [-0.4, -0.2) is 19.5 Å². The van der Waals surface area contributed by atoms with E-state index in [2.05, 4.69) is 15.2 Å². The molecule has 0 radical (unpaired) electrons. The summed E-state index contributed by atoms with van der Waals surface area (Å²) in [6, 6.07) is 11.4. The molecule has 7 nitrogen and oxygen atoms in total. The minimum absolute atomic E-state index is 0.0251. The molecule has 1 amide bonds. The molecule has 0 bridgehead atoms. The zero-order chi connectivity index (χ0) is 22.9. The predicted molar refractivity (Wildman–Crippen MR) is 125 cm³/mol. The van der Waals surface area contributed by atoms with Crippen LogP contribution in [0.25, 0.3) is 12.2 Å². The fourth-order valence-corrected chi connectivity index (χ4v) is 4.25. The van der Waals surface area contributed by atoms with E-state index in [-0.39, 0.29) is 16.7 Å². The molecular weight excluding hydrogens is 450 g/mol. The Morgan fingerprint density at radius 3 is 2.50 bits per heavy atom. The predicted octanol–water partition coefficient (Wildman–Crippen LogP) is 5.26. The number of rotatable bonds is 7. The van der Waals surface area contributed by atoms with Crippen molar-refractivity contribution >= 4 is 51.1 Å². The molecule has 1 heterocycles. The summed E-state index contributed by atoms with van der Waals surface area (Å²) in [5.74, 6) is 0.481. The molecule has 1 saturated carbocycles. The number of aryl methyl sites for hydroxylation is 2. The van der Waals surface area contributed by atoms with Gasteiger partial charge in [0.05, 0.1) is 10.6 Å². The van der Waals surface area contributed by atoms with Gasteiger partial charge in [0, 0.05) is 10.9 Å². The van der Waals surface area contributed by atoms with Crippen molar-refractivity contribution in [3.8, 4) is 0 Å². The largest absolute Gasteiger partial charge is 0.354 e. The number of nitrogens with one attached hydrogen (secondary N) is 2. The van der Waals surface area contributed by atoms with Gasteiger partial charge in [-0.25, -0.2) is 8.42 Å². The Balaban J connectivity index is 1.47. The molecule has 1 aromatic heterocycles. The van der Waals surface area contributed by atoms with E-state index in [1.165, 1.54) is 12.1 Å². The van der Waals surface area contributed by atoms with Crippen LogP contribution in [0.15, 0.2) is 51.9 Å². The van der Waals surface area contributed by atoms with Gasteiger partial charge in [-0.05, 0) is 68.2 Å². The van der Waals surface area contributed by atoms with E-state index in [0.29, 0.717) is 27.9 Å². The number of hydrogen-bond acceptors (Lipinski definition) is 5. The van der Waals surface area contributed by atoms with Crippen molar-refractivity contribution in [2.45, 2.75) is 31.6 Å². The van der Waals surface area contributed by atoms with Gasteiger partial charge in [-0.3, -0.25) is 9.52 Å². The third-order valence-electron chi connectivity index (χ3n) is 5.13. The Morgan fingerprint density at radius 1 is 1.12 bits per heavy atom. The second kappa shape index (κ2) is 8.80. The van der Waals surface area contributed by atoms with E-state index in [9.17, 15) is 13.2 Å². The molecule has 0 atom stereocenters. The second-order valence-corrected chi connectivity index (χ2v) is 9.83. The summed E-state index contributed by atoms with van der Waals surface area (Å²) in [5.41, 5.74) is 3.17. The van der Waals surface area contributed by atoms with Crippen LogP contribution in [0.2, 0.25) is 5.02 Å². The fourth-order valence-electron chi connectivity index (χ4n) is 3.02. The number of halogens is 1. The number of nitrogens with zero attached hydrogens (tertiary/aromatic N) is 1. The lowest BCUT2D eigenvalue weighted by Crippen LogP contribution is -2.14. The van der Waals surface area contributed by atoms with Crippen LogP contribution in [0.1, 0.15) is 35.4 Å². The number of carbonyl (C=O) groups is 1. The molecule has 0 aliphatic heterocycles. The minimum Gasteiger partial charge on any atom is -0.354 e. The number of hydrogen-bond donors (Lipinski definition) is 2. The second-order valence-electron chi connectivity index (χ2n) is 7.74. The molecule has 1 aliphatic carbocycles. The van der Waals surface area contributed by atoms with Crippen LogP contribution in [-0.2, 0) is 14.8 Å². The van der Waals surface area contributed by atoms with Crippen molar-refractivity contribution in [1.29, 1.82) is 0 Å². The highest BCUT2D eigenvalue weighted by Crippen LogP contribution is 2.32. The van der Waals surface area contributed by atoms with Crippen molar-refractivity contribution in [3.05, 3.63) is 70.1 Å². The third-order valence-corrected chi connectivity index (χ3v) is 6.93. The first-order valence-electron chi connectivity index (χ1n) is 10.1. The van der Waals surface area contributed by atoms with Crippen LogP contribution in [0.3, 0.4) is 0 Å². The standard InChI is InChI=1S/C23H22ClN3O4S/c1-14-3-9-18(13-20(14)24)27-32(29,30)19-10-4-16(5-11-19)6-12-21-22(15(2)26-31-21)25-23(28)17-7-8-17/h3-6,9-13,17,27H,7-8H2,1-2H3,(H,25,28)/b12-6-. The summed E-state index contributed by atoms with van der Waals surface area (Å²) in [4.78, 5) is 12.2. The SMILES string of the molecule is Cc1ccc(NS(=O)(=O)c2ccc(/C=C\c3onc(C)c3NC(=O)C3CC3)cc2)cc1Cl. The maximum Gasteiger partial charge on any atom is 0.261 e. The smallest absolute Gasteiger partial charge is 0.261 e. The molecule has 32 heavy (non-hydrogen) atoms. The normalized spacial score (nSPS) is 14.0. The van der Waals surface area contributed by atoms with Gasteiger partial charge in [0.1, 0.15) is 11.4 Å². The first-order chi connectivity index (χ1) is 15.2. The summed E-state index contributed by atoms with van der Waals surface area (Å²) >= 11 is 6.08. The van der Waals surface area contributed by atoms with Gasteiger partial charge in [-0.1, -0.05) is 41.0 Å². The van der Waals surface area contributed by atoms with Gasteiger partial charge >= 0.3 is 0 Å². The van der Waals surface area contributed by atoms with Crippen molar-refractivity contribution in [2.24, 2.45) is 5.92 Å². The first-order valence-corrected chi connectivity index (χ1v) is 11.9. The molecule has 4 rings (SSSR count). The number of aromatic nitrogens is 1. The van der Waals surface area contributed by atoms with Gasteiger partial charge in [0.15, 0.2) is 5.76 Å². The zero-order valence-electron chi connectivity index (χ0n) is 17.6. The topological polar surface area (TPSA) is 101 Å². The van der Waals surface area contributed by atoms with Crippen molar-refractivity contribution in [1.82, 2.24) is 5.16 Å². The molecule has 0 saturated heterocycles. The number of benzene rings is 2. The van der Waals surface area contributed by atoms with Crippen LogP contribution in [0.5, 0.6) is 0 Å². The summed E-state index contributed by atoms with van der Waals surface area (Å²) in [6.45, 7) is 3.61. The van der Waals surface area contributed by atoms with Crippen LogP contribution < -0.4 is 10.0 Å². The molecule has 0 spiro atoms. The molecular formula is C23H22ClN3O4S. The molecule has 1 fully saturated rings. The first kappa shape index (κ1) is 22.1. The Morgan fingerprint density at radius 2 is 1.84 bits per heavy atom. The number of carbonyl (C=O) groups excluding carboxylic acids is 1. The van der Waals surface area contributed by atoms with Crippen LogP contribution in [0.4, 0.5) is 11.4 Å². The van der Waals surface area contributed by atoms with Gasteiger partial charge in [0.2, 0.25) is 5.91 Å². The number of amides is 1. The Bertz CT molecular complexity index is 1290. The van der Waals surface area contributed by atoms with Crippen LogP contribution in [0, 0.1) is 19.8 Å². The van der Waals surface area contributed by atoms with E-state index in [1.807, 2.05) is 6.92 Å². The van der Waals surface area contributed by atoms with Crippen molar-refractivity contribution in [3.63, 3.8) is 0 Å². The highest BCUT2D eigenvalue weighted by atomic mass is 35.5. The molecule has 0 unspecified atom stereocenters. The average molecular weight is 472 g/mol. The molecule has 3 aromatic rings. The van der Waals surface area contributed by atoms with E-state index >= 15 is 0 Å². The Labute approximate surface area is 191 Å². The fraction of sp³-hybridized carbons (Fsp3) is 0.217. The lowest BCUT2D eigenvalue weighted by molar-refractivity contribution is -0.117. The molecule has 166 valence electrons. The highest BCUT2D eigenvalue weighted by molar-refractivity contribution is 7.92. The maximum atomic E-state index is 12.7. The van der Waals surface area contributed by atoms with Gasteiger partial charge in [0.25, 0.3) is 10.0 Å². The summed E-state index contributed by atoms with van der Waals surface area (Å²) in [7, 11) is -3.75. The highest BCUT2D eigenvalue weighted by Gasteiger charge is 2.30. The van der Waals surface area contributed by atoms with E-state index in [1.54, 1.807) is 49.4 Å². The van der Waals surface area contributed by atoms with Crippen molar-refractivity contribution in [2.75, 3.05) is 10.0 Å².